The van der Waals surface area contributed by atoms with Crippen molar-refractivity contribution in [3.8, 4) is 0 Å². The van der Waals surface area contributed by atoms with Crippen LogP contribution in [0.5, 0.6) is 0 Å². The zero-order chi connectivity index (χ0) is 8.77. The van der Waals surface area contributed by atoms with E-state index in [2.05, 4.69) is 25.7 Å². The molecule has 0 saturated carbocycles. The minimum absolute atomic E-state index is 0.352. The standard InChI is InChI=1S/C10H19NO/c1-10(2,3)11-4-8-6-12-7-9(8)5-11/h8-9H,4-7H2,1-3H3/t8-,9-/m1/s1. The van der Waals surface area contributed by atoms with Gasteiger partial charge in [0.1, 0.15) is 0 Å². The second kappa shape index (κ2) is 2.71. The Labute approximate surface area is 74.9 Å². The summed E-state index contributed by atoms with van der Waals surface area (Å²) in [6.45, 7) is 11.4. The van der Waals surface area contributed by atoms with E-state index in [1.807, 2.05) is 0 Å². The first-order chi connectivity index (χ1) is 5.57. The summed E-state index contributed by atoms with van der Waals surface area (Å²) in [4.78, 5) is 2.59. The highest BCUT2D eigenvalue weighted by molar-refractivity contribution is 4.92. The van der Waals surface area contributed by atoms with Gasteiger partial charge in [-0.05, 0) is 20.8 Å². The minimum Gasteiger partial charge on any atom is -0.381 e. The van der Waals surface area contributed by atoms with Crippen LogP contribution in [0.25, 0.3) is 0 Å². The van der Waals surface area contributed by atoms with Crippen LogP contribution in [0.1, 0.15) is 20.8 Å². The van der Waals surface area contributed by atoms with Gasteiger partial charge in [-0.3, -0.25) is 4.90 Å². The molecular formula is C10H19NO. The summed E-state index contributed by atoms with van der Waals surface area (Å²) in [5.74, 6) is 1.65. The molecule has 2 fully saturated rings. The Morgan fingerprint density at radius 1 is 1.08 bits per heavy atom. The van der Waals surface area contributed by atoms with E-state index in [0.717, 1.165) is 25.0 Å². The van der Waals surface area contributed by atoms with Gasteiger partial charge < -0.3 is 4.74 Å². The molecule has 0 aromatic heterocycles. The number of ether oxygens (including phenoxy) is 1. The fourth-order valence-electron chi connectivity index (χ4n) is 2.23. The molecule has 2 nitrogen and oxygen atoms in total. The van der Waals surface area contributed by atoms with Crippen LogP contribution in [0, 0.1) is 11.8 Å². The van der Waals surface area contributed by atoms with Gasteiger partial charge in [0, 0.05) is 30.5 Å². The lowest BCUT2D eigenvalue weighted by Crippen LogP contribution is -2.40. The van der Waals surface area contributed by atoms with Crippen molar-refractivity contribution in [2.75, 3.05) is 26.3 Å². The van der Waals surface area contributed by atoms with Gasteiger partial charge in [0.15, 0.2) is 0 Å². The predicted molar refractivity (Wildman–Crippen MR) is 49.1 cm³/mol. The Morgan fingerprint density at radius 3 is 2.00 bits per heavy atom. The summed E-state index contributed by atoms with van der Waals surface area (Å²) in [7, 11) is 0. The lowest BCUT2D eigenvalue weighted by atomic mass is 10.0. The average molecular weight is 169 g/mol. The van der Waals surface area contributed by atoms with Crippen LogP contribution in [0.4, 0.5) is 0 Å². The highest BCUT2D eigenvalue weighted by Gasteiger charge is 2.40. The molecule has 0 aliphatic carbocycles. The van der Waals surface area contributed by atoms with Crippen molar-refractivity contribution in [1.82, 2.24) is 4.90 Å². The van der Waals surface area contributed by atoms with E-state index in [9.17, 15) is 0 Å². The molecule has 2 saturated heterocycles. The van der Waals surface area contributed by atoms with E-state index < -0.39 is 0 Å². The van der Waals surface area contributed by atoms with Crippen molar-refractivity contribution in [1.29, 1.82) is 0 Å². The molecule has 12 heavy (non-hydrogen) atoms. The van der Waals surface area contributed by atoms with E-state index in [-0.39, 0.29) is 0 Å². The Balaban J connectivity index is 1.99. The van der Waals surface area contributed by atoms with E-state index in [4.69, 9.17) is 4.74 Å². The van der Waals surface area contributed by atoms with Crippen LogP contribution < -0.4 is 0 Å². The van der Waals surface area contributed by atoms with Crippen LogP contribution in [0.2, 0.25) is 0 Å². The first-order valence-electron chi connectivity index (χ1n) is 4.90. The molecule has 0 radical (unpaired) electrons. The van der Waals surface area contributed by atoms with Gasteiger partial charge in [-0.15, -0.1) is 0 Å². The summed E-state index contributed by atoms with van der Waals surface area (Å²) < 4.78 is 5.45. The van der Waals surface area contributed by atoms with Crippen molar-refractivity contribution >= 4 is 0 Å². The molecule has 2 aliphatic heterocycles. The maximum absolute atomic E-state index is 5.45. The van der Waals surface area contributed by atoms with Crippen molar-refractivity contribution in [2.45, 2.75) is 26.3 Å². The molecule has 2 atom stereocenters. The molecule has 0 unspecified atom stereocenters. The fourth-order valence-corrected chi connectivity index (χ4v) is 2.23. The Hall–Kier alpha value is -0.0800. The van der Waals surface area contributed by atoms with E-state index in [1.54, 1.807) is 0 Å². The van der Waals surface area contributed by atoms with Crippen LogP contribution in [-0.4, -0.2) is 36.7 Å². The smallest absolute Gasteiger partial charge is 0.0510 e. The fraction of sp³-hybridized carbons (Fsp3) is 1.00. The Morgan fingerprint density at radius 2 is 1.58 bits per heavy atom. The number of fused-ring (bicyclic) bond motifs is 1. The largest absolute Gasteiger partial charge is 0.381 e. The lowest BCUT2D eigenvalue weighted by molar-refractivity contribution is 0.114. The molecule has 70 valence electrons. The Bertz CT molecular complexity index is 161. The van der Waals surface area contributed by atoms with Gasteiger partial charge in [0.05, 0.1) is 13.2 Å². The van der Waals surface area contributed by atoms with Gasteiger partial charge >= 0.3 is 0 Å². The number of rotatable bonds is 0. The summed E-state index contributed by atoms with van der Waals surface area (Å²) in [5, 5.41) is 0. The average Bonchev–Trinajstić information content (AvgIpc) is 2.37. The van der Waals surface area contributed by atoms with E-state index in [1.165, 1.54) is 13.1 Å². The third-order valence-corrected chi connectivity index (χ3v) is 3.19. The monoisotopic (exact) mass is 169 g/mol. The molecule has 0 bridgehead atoms. The molecule has 2 rings (SSSR count). The van der Waals surface area contributed by atoms with E-state index >= 15 is 0 Å². The third kappa shape index (κ3) is 1.38. The molecule has 2 heterocycles. The summed E-state index contributed by atoms with van der Waals surface area (Å²) >= 11 is 0. The number of hydrogen-bond acceptors (Lipinski definition) is 2. The lowest BCUT2D eigenvalue weighted by Gasteiger charge is -2.32. The summed E-state index contributed by atoms with van der Waals surface area (Å²) in [6, 6.07) is 0. The molecule has 0 N–H and O–H groups in total. The maximum atomic E-state index is 5.45. The zero-order valence-electron chi connectivity index (χ0n) is 8.34. The van der Waals surface area contributed by atoms with Crippen molar-refractivity contribution in [3.63, 3.8) is 0 Å². The van der Waals surface area contributed by atoms with Gasteiger partial charge in [0.25, 0.3) is 0 Å². The molecular weight excluding hydrogens is 150 g/mol. The topological polar surface area (TPSA) is 12.5 Å². The van der Waals surface area contributed by atoms with Crippen LogP contribution in [-0.2, 0) is 4.74 Å². The van der Waals surface area contributed by atoms with Crippen LogP contribution in [0.3, 0.4) is 0 Å². The molecule has 2 heteroatoms. The SMILES string of the molecule is CC(C)(C)N1C[C@@H]2COC[C@H]2C1. The van der Waals surface area contributed by atoms with Crippen LogP contribution in [0.15, 0.2) is 0 Å². The van der Waals surface area contributed by atoms with Crippen LogP contribution >= 0.6 is 0 Å². The normalized spacial score (nSPS) is 37.2. The predicted octanol–water partition coefficient (Wildman–Crippen LogP) is 1.36. The first kappa shape index (κ1) is 8.52. The first-order valence-corrected chi connectivity index (χ1v) is 4.90. The second-order valence-electron chi connectivity index (χ2n) is 5.13. The number of nitrogens with zero attached hydrogens (tertiary/aromatic N) is 1. The summed E-state index contributed by atoms with van der Waals surface area (Å²) in [5.41, 5.74) is 0.352. The molecule has 2 aliphatic rings. The van der Waals surface area contributed by atoms with Gasteiger partial charge in [-0.1, -0.05) is 0 Å². The number of likely N-dealkylation sites (tertiary alicyclic amines) is 1. The second-order valence-corrected chi connectivity index (χ2v) is 5.13. The maximum Gasteiger partial charge on any atom is 0.0510 e. The quantitative estimate of drug-likeness (QED) is 0.543. The minimum atomic E-state index is 0.352. The van der Waals surface area contributed by atoms with Gasteiger partial charge in [-0.25, -0.2) is 0 Å². The van der Waals surface area contributed by atoms with Crippen molar-refractivity contribution in [3.05, 3.63) is 0 Å². The molecule has 0 aromatic rings. The van der Waals surface area contributed by atoms with Gasteiger partial charge in [-0.2, -0.15) is 0 Å². The highest BCUT2D eigenvalue weighted by atomic mass is 16.5. The van der Waals surface area contributed by atoms with Crippen molar-refractivity contribution in [2.24, 2.45) is 11.8 Å². The van der Waals surface area contributed by atoms with E-state index in [0.29, 0.717) is 5.54 Å². The molecule has 0 aromatic carbocycles. The third-order valence-electron chi connectivity index (χ3n) is 3.19. The zero-order valence-corrected chi connectivity index (χ0v) is 8.34. The Kier molecular flexibility index (Phi) is 1.92. The van der Waals surface area contributed by atoms with Gasteiger partial charge in [0.2, 0.25) is 0 Å². The molecule has 0 spiro atoms. The van der Waals surface area contributed by atoms with Crippen molar-refractivity contribution < 1.29 is 4.74 Å². The summed E-state index contributed by atoms with van der Waals surface area (Å²) in [6.07, 6.45) is 0. The number of hydrogen-bond donors (Lipinski definition) is 0. The molecule has 0 amide bonds. The highest BCUT2D eigenvalue weighted by Crippen LogP contribution is 2.32.